The van der Waals surface area contributed by atoms with Gasteiger partial charge >= 0.3 is 5.69 Å². The Morgan fingerprint density at radius 2 is 2.16 bits per heavy atom. The molecule has 19 heavy (non-hydrogen) atoms. The third-order valence-corrected chi connectivity index (χ3v) is 2.81. The molecule has 2 heterocycles. The molecule has 1 saturated heterocycles. The van der Waals surface area contributed by atoms with E-state index in [1.807, 2.05) is 0 Å². The monoisotopic (exact) mass is 274 g/mol. The first-order chi connectivity index (χ1) is 9.08. The van der Waals surface area contributed by atoms with Crippen molar-refractivity contribution in [1.29, 1.82) is 0 Å². The summed E-state index contributed by atoms with van der Waals surface area (Å²) in [5, 5.41) is 36.7. The van der Waals surface area contributed by atoms with Gasteiger partial charge in [-0.25, -0.2) is 4.79 Å². The van der Waals surface area contributed by atoms with Gasteiger partial charge in [-0.05, 0) is 6.07 Å². The molecule has 1 aliphatic heterocycles. The molecule has 1 aliphatic rings. The lowest BCUT2D eigenvalue weighted by Crippen LogP contribution is -2.36. The Hall–Kier alpha value is -1.56. The van der Waals surface area contributed by atoms with Gasteiger partial charge in [0.1, 0.15) is 24.1 Å². The Bertz CT molecular complexity index is 494. The summed E-state index contributed by atoms with van der Waals surface area (Å²) in [6.07, 6.45) is -3.48. The highest BCUT2D eigenvalue weighted by atomic mass is 16.6. The van der Waals surface area contributed by atoms with E-state index in [2.05, 4.69) is 10.4 Å². The standard InChI is InChI=1S/C9H14N4O6/c14-3-4-6(15)7(16)8(19-4)13-2-1-5(11-12-18)10-9(13)17/h1-2,4,6-8,12,14-16,18H,3H2,(H,10,11,17)/t4-,6-,7-,8-/m1/s1. The summed E-state index contributed by atoms with van der Waals surface area (Å²) < 4.78 is 6.17. The first-order valence-corrected chi connectivity index (χ1v) is 5.45. The van der Waals surface area contributed by atoms with Crippen LogP contribution in [-0.4, -0.2) is 55.0 Å². The molecule has 1 aromatic heterocycles. The van der Waals surface area contributed by atoms with Crippen molar-refractivity contribution in [3.05, 3.63) is 22.7 Å². The highest BCUT2D eigenvalue weighted by Gasteiger charge is 2.43. The number of ether oxygens (including phenoxy) is 1. The van der Waals surface area contributed by atoms with Crippen molar-refractivity contribution in [3.8, 4) is 0 Å². The average molecular weight is 274 g/mol. The van der Waals surface area contributed by atoms with Crippen LogP contribution < -0.4 is 16.7 Å². The Labute approximate surface area is 106 Å². The molecule has 0 spiro atoms. The molecule has 0 bridgehead atoms. The van der Waals surface area contributed by atoms with E-state index >= 15 is 0 Å². The zero-order chi connectivity index (χ0) is 14.0. The second-order valence-electron chi connectivity index (χ2n) is 3.97. The number of nitrogens with zero attached hydrogens (tertiary/aromatic N) is 2. The van der Waals surface area contributed by atoms with Crippen LogP contribution >= 0.6 is 0 Å². The number of aliphatic hydroxyl groups is 3. The van der Waals surface area contributed by atoms with Crippen LogP contribution in [0.3, 0.4) is 0 Å². The van der Waals surface area contributed by atoms with Crippen molar-refractivity contribution in [3.63, 3.8) is 0 Å². The molecule has 0 unspecified atom stereocenters. The summed E-state index contributed by atoms with van der Waals surface area (Å²) in [4.78, 5) is 15.3. The minimum Gasteiger partial charge on any atom is -0.394 e. The number of hydrogen-bond donors (Lipinski definition) is 6. The van der Waals surface area contributed by atoms with Gasteiger partial charge in [0.05, 0.1) is 6.61 Å². The molecule has 0 saturated carbocycles. The molecule has 1 aromatic rings. The SMILES string of the molecule is O=c1nc(NNO)ccn1[C@@H]1O[C@H](CO)[C@@H](O)[C@H]1O. The van der Waals surface area contributed by atoms with Crippen LogP contribution in [0.2, 0.25) is 0 Å². The highest BCUT2D eigenvalue weighted by molar-refractivity contribution is 5.29. The molecule has 4 atom stereocenters. The van der Waals surface area contributed by atoms with Gasteiger partial charge in [0.25, 0.3) is 0 Å². The maximum absolute atomic E-state index is 11.7. The predicted octanol–water partition coefficient (Wildman–Crippen LogP) is -2.84. The van der Waals surface area contributed by atoms with Crippen molar-refractivity contribution in [2.24, 2.45) is 0 Å². The van der Waals surface area contributed by atoms with Crippen LogP contribution in [0.4, 0.5) is 5.82 Å². The number of aliphatic hydroxyl groups excluding tert-OH is 3. The zero-order valence-corrected chi connectivity index (χ0v) is 9.67. The van der Waals surface area contributed by atoms with E-state index in [-0.39, 0.29) is 5.82 Å². The highest BCUT2D eigenvalue weighted by Crippen LogP contribution is 2.27. The minimum absolute atomic E-state index is 0.0653. The summed E-state index contributed by atoms with van der Waals surface area (Å²) in [6, 6.07) is 1.35. The Morgan fingerprint density at radius 3 is 2.68 bits per heavy atom. The molecule has 1 fully saturated rings. The van der Waals surface area contributed by atoms with Crippen molar-refractivity contribution in [2.45, 2.75) is 24.5 Å². The Balaban J connectivity index is 2.25. The topological polar surface area (TPSA) is 149 Å². The molecule has 0 aromatic carbocycles. The lowest BCUT2D eigenvalue weighted by molar-refractivity contribution is -0.0549. The number of hydrazine groups is 1. The fraction of sp³-hybridized carbons (Fsp3) is 0.556. The van der Waals surface area contributed by atoms with E-state index < -0.39 is 36.8 Å². The van der Waals surface area contributed by atoms with E-state index in [1.165, 1.54) is 12.3 Å². The number of rotatable bonds is 4. The predicted molar refractivity (Wildman–Crippen MR) is 60.1 cm³/mol. The summed E-state index contributed by atoms with van der Waals surface area (Å²) in [5.74, 6) is 0.0653. The van der Waals surface area contributed by atoms with Crippen LogP contribution in [0.15, 0.2) is 17.1 Å². The number of nitrogens with one attached hydrogen (secondary N) is 2. The van der Waals surface area contributed by atoms with Gasteiger partial charge in [-0.2, -0.15) is 4.98 Å². The maximum atomic E-state index is 11.7. The third kappa shape index (κ3) is 2.58. The minimum atomic E-state index is -1.36. The van der Waals surface area contributed by atoms with Crippen molar-refractivity contribution in [1.82, 2.24) is 15.1 Å². The summed E-state index contributed by atoms with van der Waals surface area (Å²) in [7, 11) is 0. The van der Waals surface area contributed by atoms with Gasteiger partial charge in [0.15, 0.2) is 6.23 Å². The fourth-order valence-electron chi connectivity index (χ4n) is 1.84. The Kier molecular flexibility index (Phi) is 4.09. The quantitative estimate of drug-likeness (QED) is 0.319. The lowest BCUT2D eigenvalue weighted by atomic mass is 10.1. The number of aromatic nitrogens is 2. The normalized spacial score (nSPS) is 30.5. The molecular weight excluding hydrogens is 260 g/mol. The van der Waals surface area contributed by atoms with Gasteiger partial charge in [-0.1, -0.05) is 0 Å². The summed E-state index contributed by atoms with van der Waals surface area (Å²) >= 11 is 0. The van der Waals surface area contributed by atoms with Crippen LogP contribution in [0.5, 0.6) is 0 Å². The summed E-state index contributed by atoms with van der Waals surface area (Å²) in [6.45, 7) is -0.481. The molecule has 10 nitrogen and oxygen atoms in total. The van der Waals surface area contributed by atoms with Crippen LogP contribution in [-0.2, 0) is 4.74 Å². The van der Waals surface area contributed by atoms with Gasteiger partial charge in [-0.3, -0.25) is 15.2 Å². The van der Waals surface area contributed by atoms with Crippen LogP contribution in [0.25, 0.3) is 0 Å². The third-order valence-electron chi connectivity index (χ3n) is 2.81. The summed E-state index contributed by atoms with van der Waals surface area (Å²) in [5.41, 5.74) is 3.06. The van der Waals surface area contributed by atoms with Crippen LogP contribution in [0, 0.1) is 0 Å². The van der Waals surface area contributed by atoms with E-state index in [9.17, 15) is 15.0 Å². The maximum Gasteiger partial charge on any atom is 0.351 e. The molecule has 10 heteroatoms. The van der Waals surface area contributed by atoms with Gasteiger partial charge in [0, 0.05) is 6.20 Å². The smallest absolute Gasteiger partial charge is 0.351 e. The molecule has 0 radical (unpaired) electrons. The van der Waals surface area contributed by atoms with Gasteiger partial charge in [0.2, 0.25) is 0 Å². The van der Waals surface area contributed by atoms with Gasteiger partial charge < -0.3 is 20.1 Å². The van der Waals surface area contributed by atoms with E-state index in [1.54, 1.807) is 5.59 Å². The number of anilines is 1. The fourth-order valence-corrected chi connectivity index (χ4v) is 1.84. The second kappa shape index (κ2) is 5.61. The van der Waals surface area contributed by atoms with E-state index in [0.717, 1.165) is 4.57 Å². The van der Waals surface area contributed by atoms with E-state index in [4.69, 9.17) is 15.1 Å². The first kappa shape index (κ1) is 13.9. The Morgan fingerprint density at radius 1 is 1.42 bits per heavy atom. The van der Waals surface area contributed by atoms with E-state index in [0.29, 0.717) is 0 Å². The molecular formula is C9H14N4O6. The molecule has 0 aliphatic carbocycles. The molecule has 6 N–H and O–H groups in total. The van der Waals surface area contributed by atoms with Gasteiger partial charge in [-0.15, -0.1) is 5.59 Å². The number of hydrogen-bond acceptors (Lipinski definition) is 9. The molecule has 2 rings (SSSR count). The molecule has 106 valence electrons. The van der Waals surface area contributed by atoms with Crippen molar-refractivity contribution in [2.75, 3.05) is 12.0 Å². The van der Waals surface area contributed by atoms with Crippen molar-refractivity contribution >= 4 is 5.82 Å². The second-order valence-corrected chi connectivity index (χ2v) is 3.97. The van der Waals surface area contributed by atoms with Crippen molar-refractivity contribution < 1.29 is 25.3 Å². The average Bonchev–Trinajstić information content (AvgIpc) is 2.67. The largest absolute Gasteiger partial charge is 0.394 e. The zero-order valence-electron chi connectivity index (χ0n) is 9.67. The van der Waals surface area contributed by atoms with Crippen LogP contribution in [0.1, 0.15) is 6.23 Å². The first-order valence-electron chi connectivity index (χ1n) is 5.45. The molecule has 0 amide bonds. The lowest BCUT2D eigenvalue weighted by Gasteiger charge is -2.17.